The first-order chi connectivity index (χ1) is 4.33. The van der Waals surface area contributed by atoms with Crippen molar-refractivity contribution in [1.29, 1.82) is 0 Å². The van der Waals surface area contributed by atoms with Crippen molar-refractivity contribution in [3.63, 3.8) is 0 Å². The minimum absolute atomic E-state index is 0.0249. The zero-order valence-corrected chi connectivity index (χ0v) is 7.15. The molecule has 2 nitrogen and oxygen atoms in total. The van der Waals surface area contributed by atoms with Crippen LogP contribution in [-0.4, -0.2) is 11.6 Å². The van der Waals surface area contributed by atoms with Crippen LogP contribution in [0.2, 0.25) is 0 Å². The highest BCUT2D eigenvalue weighted by atomic mass is 14.8. The van der Waals surface area contributed by atoms with E-state index in [1.54, 1.807) is 0 Å². The molecule has 0 saturated heterocycles. The van der Waals surface area contributed by atoms with Gasteiger partial charge in [0.05, 0.1) is 0 Å². The van der Waals surface area contributed by atoms with Gasteiger partial charge in [-0.2, -0.15) is 0 Å². The largest absolute Gasteiger partial charge is 0.327 e. The maximum Gasteiger partial charge on any atom is 0.0146 e. The Labute approximate surface area is 63.0 Å². The van der Waals surface area contributed by atoms with Crippen molar-refractivity contribution in [2.45, 2.75) is 45.2 Å². The molecule has 1 aliphatic rings. The van der Waals surface area contributed by atoms with Gasteiger partial charge in [0.1, 0.15) is 0 Å². The molecule has 0 aromatic heterocycles. The summed E-state index contributed by atoms with van der Waals surface area (Å²) in [4.78, 5) is 0. The Balaban J connectivity index is 2.71. The molecular formula is C8H18N2. The van der Waals surface area contributed by atoms with Crippen LogP contribution in [-0.2, 0) is 0 Å². The minimum Gasteiger partial charge on any atom is -0.327 e. The van der Waals surface area contributed by atoms with E-state index in [1.165, 1.54) is 0 Å². The van der Waals surface area contributed by atoms with Gasteiger partial charge in [-0.25, -0.2) is 0 Å². The van der Waals surface area contributed by atoms with Crippen LogP contribution in [0, 0.1) is 5.41 Å². The van der Waals surface area contributed by atoms with Crippen molar-refractivity contribution >= 4 is 0 Å². The highest BCUT2D eigenvalue weighted by Gasteiger charge is 2.42. The van der Waals surface area contributed by atoms with Crippen LogP contribution >= 0.6 is 0 Å². The molecule has 0 heterocycles. The average Bonchev–Trinajstić information content (AvgIpc) is 1.73. The molecule has 0 unspecified atom stereocenters. The summed E-state index contributed by atoms with van der Waals surface area (Å²) in [5.74, 6) is 0. The number of rotatable bonds is 0. The van der Waals surface area contributed by atoms with Gasteiger partial charge in [-0.1, -0.05) is 13.8 Å². The molecule has 4 N–H and O–H groups in total. The lowest BCUT2D eigenvalue weighted by Crippen LogP contribution is -2.34. The summed E-state index contributed by atoms with van der Waals surface area (Å²) in [6.07, 6.45) is 2.00. The van der Waals surface area contributed by atoms with Crippen molar-refractivity contribution in [3.8, 4) is 0 Å². The second-order valence-electron chi connectivity index (χ2n) is 4.63. The number of hydrogen-bond donors (Lipinski definition) is 2. The SMILES string of the molecule is CC1(C)C[C@@](C)(N)C[C@H]1N. The minimum atomic E-state index is -0.0249. The molecule has 0 aromatic rings. The Kier molecular flexibility index (Phi) is 1.57. The fourth-order valence-corrected chi connectivity index (χ4v) is 2.02. The van der Waals surface area contributed by atoms with E-state index >= 15 is 0 Å². The van der Waals surface area contributed by atoms with Gasteiger partial charge < -0.3 is 11.5 Å². The fraction of sp³-hybridized carbons (Fsp3) is 1.00. The molecular weight excluding hydrogens is 124 g/mol. The van der Waals surface area contributed by atoms with Gasteiger partial charge in [0.2, 0.25) is 0 Å². The number of nitrogens with two attached hydrogens (primary N) is 2. The normalized spacial score (nSPS) is 45.9. The molecule has 0 aromatic carbocycles. The van der Waals surface area contributed by atoms with E-state index in [2.05, 4.69) is 20.8 Å². The van der Waals surface area contributed by atoms with Gasteiger partial charge in [-0.05, 0) is 25.2 Å². The van der Waals surface area contributed by atoms with Crippen LogP contribution in [0.25, 0.3) is 0 Å². The molecule has 0 radical (unpaired) electrons. The van der Waals surface area contributed by atoms with Crippen LogP contribution < -0.4 is 11.5 Å². The summed E-state index contributed by atoms with van der Waals surface area (Å²) in [5.41, 5.74) is 12.1. The van der Waals surface area contributed by atoms with Gasteiger partial charge in [0, 0.05) is 11.6 Å². The Morgan fingerprint density at radius 3 is 1.90 bits per heavy atom. The van der Waals surface area contributed by atoms with Crippen LogP contribution in [0.1, 0.15) is 33.6 Å². The standard InChI is InChI=1S/C8H18N2/c1-7(2)5-8(3,10)4-6(7)9/h6H,4-5,9-10H2,1-3H3/t6-,8+/m1/s1. The Bertz CT molecular complexity index is 138. The predicted octanol–water partition coefficient (Wildman–Crippen LogP) is 0.851. The summed E-state index contributed by atoms with van der Waals surface area (Å²) >= 11 is 0. The van der Waals surface area contributed by atoms with E-state index in [4.69, 9.17) is 11.5 Å². The van der Waals surface area contributed by atoms with E-state index in [0.717, 1.165) is 12.8 Å². The first-order valence-corrected chi connectivity index (χ1v) is 3.88. The lowest BCUT2D eigenvalue weighted by molar-refractivity contribution is 0.318. The molecule has 0 amide bonds. The smallest absolute Gasteiger partial charge is 0.0146 e. The third kappa shape index (κ3) is 1.32. The second-order valence-corrected chi connectivity index (χ2v) is 4.63. The Morgan fingerprint density at radius 1 is 1.30 bits per heavy atom. The predicted molar refractivity (Wildman–Crippen MR) is 43.6 cm³/mol. The molecule has 0 bridgehead atoms. The molecule has 2 atom stereocenters. The molecule has 10 heavy (non-hydrogen) atoms. The topological polar surface area (TPSA) is 52.0 Å². The van der Waals surface area contributed by atoms with E-state index < -0.39 is 0 Å². The van der Waals surface area contributed by atoms with E-state index in [-0.39, 0.29) is 17.0 Å². The maximum absolute atomic E-state index is 5.96. The van der Waals surface area contributed by atoms with E-state index in [0.29, 0.717) is 0 Å². The van der Waals surface area contributed by atoms with Crippen LogP contribution in [0.15, 0.2) is 0 Å². The molecule has 2 heteroatoms. The third-order valence-corrected chi connectivity index (χ3v) is 2.55. The van der Waals surface area contributed by atoms with Crippen molar-refractivity contribution in [2.75, 3.05) is 0 Å². The number of hydrogen-bond acceptors (Lipinski definition) is 2. The zero-order valence-electron chi connectivity index (χ0n) is 7.15. The molecule has 0 spiro atoms. The summed E-state index contributed by atoms with van der Waals surface area (Å²) in [7, 11) is 0. The quantitative estimate of drug-likeness (QED) is 0.527. The Hall–Kier alpha value is -0.0800. The molecule has 1 saturated carbocycles. The molecule has 60 valence electrons. The van der Waals surface area contributed by atoms with Gasteiger partial charge in [0.25, 0.3) is 0 Å². The first-order valence-electron chi connectivity index (χ1n) is 3.88. The highest BCUT2D eigenvalue weighted by Crippen LogP contribution is 2.40. The summed E-state index contributed by atoms with van der Waals surface area (Å²) < 4.78 is 0. The van der Waals surface area contributed by atoms with Crippen LogP contribution in [0.5, 0.6) is 0 Å². The van der Waals surface area contributed by atoms with Crippen LogP contribution in [0.3, 0.4) is 0 Å². The summed E-state index contributed by atoms with van der Waals surface area (Å²) in [5, 5.41) is 0. The molecule has 0 aliphatic heterocycles. The highest BCUT2D eigenvalue weighted by molar-refractivity contribution is 5.01. The van der Waals surface area contributed by atoms with Crippen molar-refractivity contribution in [2.24, 2.45) is 16.9 Å². The molecule has 1 aliphatic carbocycles. The Morgan fingerprint density at radius 2 is 1.80 bits per heavy atom. The summed E-state index contributed by atoms with van der Waals surface area (Å²) in [6, 6.07) is 0.280. The van der Waals surface area contributed by atoms with Crippen LogP contribution in [0.4, 0.5) is 0 Å². The van der Waals surface area contributed by atoms with Gasteiger partial charge in [-0.3, -0.25) is 0 Å². The monoisotopic (exact) mass is 142 g/mol. The fourth-order valence-electron chi connectivity index (χ4n) is 2.02. The maximum atomic E-state index is 5.96. The van der Waals surface area contributed by atoms with Gasteiger partial charge >= 0.3 is 0 Å². The average molecular weight is 142 g/mol. The third-order valence-electron chi connectivity index (χ3n) is 2.55. The molecule has 1 fully saturated rings. The van der Waals surface area contributed by atoms with Gasteiger partial charge in [0.15, 0.2) is 0 Å². The second kappa shape index (κ2) is 1.95. The zero-order chi connectivity index (χ0) is 7.99. The lowest BCUT2D eigenvalue weighted by atomic mass is 9.86. The van der Waals surface area contributed by atoms with Gasteiger partial charge in [-0.15, -0.1) is 0 Å². The van der Waals surface area contributed by atoms with Crippen molar-refractivity contribution < 1.29 is 0 Å². The van der Waals surface area contributed by atoms with Crippen molar-refractivity contribution in [3.05, 3.63) is 0 Å². The lowest BCUT2D eigenvalue weighted by Gasteiger charge is -2.23. The van der Waals surface area contributed by atoms with E-state index in [9.17, 15) is 0 Å². The first kappa shape index (κ1) is 8.02. The van der Waals surface area contributed by atoms with E-state index in [1.807, 2.05) is 0 Å². The molecule has 1 rings (SSSR count). The van der Waals surface area contributed by atoms with Crippen molar-refractivity contribution in [1.82, 2.24) is 0 Å². The summed E-state index contributed by atoms with van der Waals surface area (Å²) in [6.45, 7) is 6.47.